The van der Waals surface area contributed by atoms with Crippen molar-refractivity contribution in [3.05, 3.63) is 17.7 Å². The molecule has 1 aliphatic heterocycles. The number of hydrogen-bond acceptors (Lipinski definition) is 5. The molecule has 1 aromatic carbocycles. The van der Waals surface area contributed by atoms with Crippen LogP contribution >= 0.6 is 0 Å². The van der Waals surface area contributed by atoms with E-state index in [1.54, 1.807) is 17.0 Å². The van der Waals surface area contributed by atoms with Crippen molar-refractivity contribution in [2.75, 3.05) is 45.3 Å². The van der Waals surface area contributed by atoms with E-state index in [2.05, 4.69) is 0 Å². The van der Waals surface area contributed by atoms with E-state index >= 15 is 0 Å². The number of nitrogens with zero attached hydrogens (tertiary/aromatic N) is 2. The highest BCUT2D eigenvalue weighted by molar-refractivity contribution is 5.98. The van der Waals surface area contributed by atoms with Gasteiger partial charge in [-0.05, 0) is 38.7 Å². The highest BCUT2D eigenvalue weighted by Gasteiger charge is 2.28. The first kappa shape index (κ1) is 15.6. The SMILES string of the molecule is CCOc1cc(CO)cc2c1OCC(=O)N2CCN(C)C. The third-order valence-electron chi connectivity index (χ3n) is 3.28. The number of likely N-dealkylation sites (N-methyl/N-ethyl adjacent to an activating group) is 1. The van der Waals surface area contributed by atoms with E-state index in [0.717, 1.165) is 6.54 Å². The van der Waals surface area contributed by atoms with Gasteiger partial charge in [0.15, 0.2) is 18.1 Å². The van der Waals surface area contributed by atoms with Crippen molar-refractivity contribution in [1.82, 2.24) is 4.90 Å². The van der Waals surface area contributed by atoms with Crippen molar-refractivity contribution in [2.24, 2.45) is 0 Å². The summed E-state index contributed by atoms with van der Waals surface area (Å²) in [5.74, 6) is 1.07. The molecule has 0 saturated heterocycles. The highest BCUT2D eigenvalue weighted by atomic mass is 16.5. The normalized spacial score (nSPS) is 14.1. The fourth-order valence-corrected chi connectivity index (χ4v) is 2.23. The minimum Gasteiger partial charge on any atom is -0.490 e. The van der Waals surface area contributed by atoms with Crippen LogP contribution in [0.4, 0.5) is 5.69 Å². The molecule has 0 aromatic heterocycles. The Morgan fingerprint density at radius 2 is 2.19 bits per heavy atom. The van der Waals surface area contributed by atoms with Gasteiger partial charge in [-0.1, -0.05) is 0 Å². The zero-order chi connectivity index (χ0) is 15.4. The molecule has 1 N–H and O–H groups in total. The van der Waals surface area contributed by atoms with Gasteiger partial charge in [0.05, 0.1) is 18.9 Å². The smallest absolute Gasteiger partial charge is 0.265 e. The average Bonchev–Trinajstić information content (AvgIpc) is 2.45. The van der Waals surface area contributed by atoms with Crippen LogP contribution in [0.25, 0.3) is 0 Å². The first-order valence-electron chi connectivity index (χ1n) is 7.05. The second-order valence-electron chi connectivity index (χ2n) is 5.17. The maximum Gasteiger partial charge on any atom is 0.265 e. The Morgan fingerprint density at radius 3 is 2.81 bits per heavy atom. The van der Waals surface area contributed by atoms with Crippen LogP contribution < -0.4 is 14.4 Å². The van der Waals surface area contributed by atoms with Gasteiger partial charge in [-0.25, -0.2) is 0 Å². The zero-order valence-electron chi connectivity index (χ0n) is 12.8. The van der Waals surface area contributed by atoms with Gasteiger partial charge in [-0.2, -0.15) is 0 Å². The monoisotopic (exact) mass is 294 g/mol. The van der Waals surface area contributed by atoms with E-state index in [9.17, 15) is 9.90 Å². The summed E-state index contributed by atoms with van der Waals surface area (Å²) < 4.78 is 11.1. The molecule has 6 nitrogen and oxygen atoms in total. The molecular weight excluding hydrogens is 272 g/mol. The number of aliphatic hydroxyl groups excluding tert-OH is 1. The quantitative estimate of drug-likeness (QED) is 0.843. The van der Waals surface area contributed by atoms with Gasteiger partial charge in [0.1, 0.15) is 0 Å². The number of rotatable bonds is 6. The molecule has 1 amide bonds. The molecule has 6 heteroatoms. The molecule has 0 fully saturated rings. The summed E-state index contributed by atoms with van der Waals surface area (Å²) in [6, 6.07) is 3.53. The van der Waals surface area contributed by atoms with Gasteiger partial charge >= 0.3 is 0 Å². The van der Waals surface area contributed by atoms with Crippen LogP contribution in [0.3, 0.4) is 0 Å². The van der Waals surface area contributed by atoms with Crippen LogP contribution in [-0.2, 0) is 11.4 Å². The van der Waals surface area contributed by atoms with E-state index in [1.165, 1.54) is 0 Å². The van der Waals surface area contributed by atoms with Crippen LogP contribution in [0, 0.1) is 0 Å². The first-order chi connectivity index (χ1) is 10.1. The number of carbonyl (C=O) groups is 1. The second kappa shape index (κ2) is 6.78. The molecule has 0 aliphatic carbocycles. The topological polar surface area (TPSA) is 62.2 Å². The average molecular weight is 294 g/mol. The number of benzene rings is 1. The van der Waals surface area contributed by atoms with E-state index in [-0.39, 0.29) is 19.1 Å². The largest absolute Gasteiger partial charge is 0.490 e. The number of carbonyl (C=O) groups excluding carboxylic acids is 1. The Labute approximate surface area is 124 Å². The number of fused-ring (bicyclic) bond motifs is 1. The zero-order valence-corrected chi connectivity index (χ0v) is 12.8. The van der Waals surface area contributed by atoms with Crippen molar-refractivity contribution in [3.63, 3.8) is 0 Å². The Bertz CT molecular complexity index is 517. The Kier molecular flexibility index (Phi) is 5.03. The van der Waals surface area contributed by atoms with E-state index < -0.39 is 0 Å². The first-order valence-corrected chi connectivity index (χ1v) is 7.05. The maximum absolute atomic E-state index is 12.1. The van der Waals surface area contributed by atoms with Crippen LogP contribution in [-0.4, -0.2) is 56.3 Å². The summed E-state index contributed by atoms with van der Waals surface area (Å²) in [6.45, 7) is 3.61. The summed E-state index contributed by atoms with van der Waals surface area (Å²) in [5, 5.41) is 9.39. The van der Waals surface area contributed by atoms with Crippen LogP contribution in [0.2, 0.25) is 0 Å². The number of amides is 1. The highest BCUT2D eigenvalue weighted by Crippen LogP contribution is 2.41. The second-order valence-corrected chi connectivity index (χ2v) is 5.17. The molecule has 1 aromatic rings. The van der Waals surface area contributed by atoms with Crippen LogP contribution in [0.1, 0.15) is 12.5 Å². The third kappa shape index (κ3) is 3.46. The number of hydrogen-bond donors (Lipinski definition) is 1. The van der Waals surface area contributed by atoms with Crippen molar-refractivity contribution in [2.45, 2.75) is 13.5 Å². The Balaban J connectivity index is 2.39. The van der Waals surface area contributed by atoms with E-state index in [1.807, 2.05) is 25.9 Å². The molecule has 116 valence electrons. The summed E-state index contributed by atoms with van der Waals surface area (Å²) >= 11 is 0. The maximum atomic E-state index is 12.1. The predicted molar refractivity (Wildman–Crippen MR) is 79.9 cm³/mol. The molecule has 0 unspecified atom stereocenters. The Hall–Kier alpha value is -1.79. The number of anilines is 1. The summed E-state index contributed by atoms with van der Waals surface area (Å²) in [6.07, 6.45) is 0. The van der Waals surface area contributed by atoms with Crippen LogP contribution in [0.5, 0.6) is 11.5 Å². The molecule has 0 atom stereocenters. The lowest BCUT2D eigenvalue weighted by atomic mass is 10.1. The van der Waals surface area contributed by atoms with Gasteiger partial charge in [0.2, 0.25) is 0 Å². The van der Waals surface area contributed by atoms with Crippen molar-refractivity contribution >= 4 is 11.6 Å². The standard InChI is InChI=1S/C15H22N2O4/c1-4-20-13-8-11(9-18)7-12-15(13)21-10-14(19)17(12)6-5-16(2)3/h7-8,18H,4-6,9-10H2,1-3H3. The van der Waals surface area contributed by atoms with Crippen molar-refractivity contribution in [1.29, 1.82) is 0 Å². The third-order valence-corrected chi connectivity index (χ3v) is 3.28. The van der Waals surface area contributed by atoms with Gasteiger partial charge in [-0.3, -0.25) is 4.79 Å². The van der Waals surface area contributed by atoms with E-state index in [4.69, 9.17) is 9.47 Å². The van der Waals surface area contributed by atoms with Gasteiger partial charge in [-0.15, -0.1) is 0 Å². The van der Waals surface area contributed by atoms with Crippen LogP contribution in [0.15, 0.2) is 12.1 Å². The molecule has 1 heterocycles. The molecule has 0 radical (unpaired) electrons. The molecule has 21 heavy (non-hydrogen) atoms. The lowest BCUT2D eigenvalue weighted by molar-refractivity contribution is -0.121. The molecule has 0 spiro atoms. The molecule has 0 saturated carbocycles. The van der Waals surface area contributed by atoms with Gasteiger partial charge < -0.3 is 24.4 Å². The number of ether oxygens (including phenoxy) is 2. The molecule has 1 aliphatic rings. The molecular formula is C15H22N2O4. The summed E-state index contributed by atoms with van der Waals surface area (Å²) in [7, 11) is 3.92. The molecule has 0 bridgehead atoms. The fourth-order valence-electron chi connectivity index (χ4n) is 2.23. The minimum atomic E-state index is -0.108. The fraction of sp³-hybridized carbons (Fsp3) is 0.533. The van der Waals surface area contributed by atoms with Gasteiger partial charge in [0.25, 0.3) is 5.91 Å². The van der Waals surface area contributed by atoms with E-state index in [0.29, 0.717) is 35.9 Å². The van der Waals surface area contributed by atoms with Crippen molar-refractivity contribution in [3.8, 4) is 11.5 Å². The lowest BCUT2D eigenvalue weighted by Crippen LogP contribution is -2.42. The molecule has 2 rings (SSSR count). The predicted octanol–water partition coefficient (Wildman–Crippen LogP) is 0.865. The summed E-state index contributed by atoms with van der Waals surface area (Å²) in [4.78, 5) is 15.8. The lowest BCUT2D eigenvalue weighted by Gasteiger charge is -2.31. The summed E-state index contributed by atoms with van der Waals surface area (Å²) in [5.41, 5.74) is 1.37. The minimum absolute atomic E-state index is 0.0129. The number of aliphatic hydroxyl groups is 1. The van der Waals surface area contributed by atoms with Gasteiger partial charge in [0, 0.05) is 13.1 Å². The Morgan fingerprint density at radius 1 is 1.43 bits per heavy atom. The van der Waals surface area contributed by atoms with Crippen molar-refractivity contribution < 1.29 is 19.4 Å².